The first-order valence-corrected chi connectivity index (χ1v) is 13.8. The molecule has 0 radical (unpaired) electrons. The smallest absolute Gasteiger partial charge is 0.411 e. The second-order valence-corrected chi connectivity index (χ2v) is 10.3. The summed E-state index contributed by atoms with van der Waals surface area (Å²) >= 11 is 0. The van der Waals surface area contributed by atoms with Gasteiger partial charge in [-0.25, -0.2) is 9.37 Å². The van der Waals surface area contributed by atoms with Crippen molar-refractivity contribution in [2.45, 2.75) is 38.0 Å². The molecule has 1 saturated heterocycles. The molecule has 3 aromatic carbocycles. The van der Waals surface area contributed by atoms with E-state index in [0.29, 0.717) is 28.6 Å². The van der Waals surface area contributed by atoms with Crippen LogP contribution in [0.15, 0.2) is 83.3 Å². The number of benzene rings is 3. The minimum Gasteiger partial charge on any atom is -0.440 e. The number of hydrogen-bond acceptors (Lipinski definition) is 5. The second kappa shape index (κ2) is 13.3. The largest absolute Gasteiger partial charge is 0.440 e. The molecule has 0 spiro atoms. The van der Waals surface area contributed by atoms with Crippen molar-refractivity contribution in [3.05, 3.63) is 107 Å². The van der Waals surface area contributed by atoms with Crippen LogP contribution in [0.5, 0.6) is 0 Å². The Kier molecular flexibility index (Phi) is 9.34. The van der Waals surface area contributed by atoms with Crippen molar-refractivity contribution in [1.29, 1.82) is 0 Å². The van der Waals surface area contributed by atoms with Crippen molar-refractivity contribution < 1.29 is 31.5 Å². The van der Waals surface area contributed by atoms with Gasteiger partial charge in [-0.1, -0.05) is 42.5 Å². The SMILES string of the molecule is O=C(Nc1ccc(CCN2CCC(c3nc(COCC(F)(F)F)c(-c4ccccc4)o3)CC2)cc1)c1ccc(F)cc1. The second-order valence-electron chi connectivity index (χ2n) is 10.3. The van der Waals surface area contributed by atoms with Crippen LogP contribution in [0.4, 0.5) is 23.2 Å². The molecule has 1 aromatic heterocycles. The summed E-state index contributed by atoms with van der Waals surface area (Å²) in [6.07, 6.45) is -1.91. The number of aromatic nitrogens is 1. The highest BCUT2D eigenvalue weighted by Crippen LogP contribution is 2.33. The normalized spacial score (nSPS) is 14.7. The number of piperidine rings is 1. The molecule has 0 saturated carbocycles. The van der Waals surface area contributed by atoms with Gasteiger partial charge in [-0.2, -0.15) is 13.2 Å². The van der Waals surface area contributed by atoms with E-state index in [-0.39, 0.29) is 18.4 Å². The molecule has 1 N–H and O–H groups in total. The van der Waals surface area contributed by atoms with Gasteiger partial charge in [0.2, 0.25) is 0 Å². The fourth-order valence-corrected chi connectivity index (χ4v) is 4.97. The summed E-state index contributed by atoms with van der Waals surface area (Å²) in [5, 5.41) is 2.82. The molecule has 10 heteroatoms. The van der Waals surface area contributed by atoms with Gasteiger partial charge in [-0.15, -0.1) is 0 Å². The van der Waals surface area contributed by atoms with Gasteiger partial charge in [0.05, 0.1) is 6.61 Å². The number of oxazole rings is 1. The van der Waals surface area contributed by atoms with Gasteiger partial charge in [-0.3, -0.25) is 4.79 Å². The minimum atomic E-state index is -4.41. The molecule has 5 rings (SSSR count). The standard InChI is InChI=1S/C32H31F4N3O3/c33-26-10-8-24(9-11-26)30(40)37-27-12-6-22(7-13-27)14-17-39-18-15-25(16-19-39)31-38-28(20-41-21-32(34,35)36)29(42-31)23-4-2-1-3-5-23/h1-13,25H,14-21H2,(H,37,40). The maximum absolute atomic E-state index is 13.1. The van der Waals surface area contributed by atoms with Crippen LogP contribution in [0, 0.1) is 5.82 Å². The Morgan fingerprint density at radius 2 is 1.67 bits per heavy atom. The molecular formula is C32H31F4N3O3. The Morgan fingerprint density at radius 3 is 2.33 bits per heavy atom. The summed E-state index contributed by atoms with van der Waals surface area (Å²) < 4.78 is 62.0. The van der Waals surface area contributed by atoms with Gasteiger partial charge in [-0.05, 0) is 74.3 Å². The van der Waals surface area contributed by atoms with E-state index in [2.05, 4.69) is 15.2 Å². The number of rotatable bonds is 10. The lowest BCUT2D eigenvalue weighted by Crippen LogP contribution is -2.34. The third-order valence-electron chi connectivity index (χ3n) is 7.23. The Bertz CT molecular complexity index is 1450. The van der Waals surface area contributed by atoms with E-state index in [1.54, 1.807) is 0 Å². The van der Waals surface area contributed by atoms with Gasteiger partial charge >= 0.3 is 6.18 Å². The van der Waals surface area contributed by atoms with Gasteiger partial charge in [0, 0.05) is 29.3 Å². The number of likely N-dealkylation sites (tertiary alicyclic amines) is 1. The van der Waals surface area contributed by atoms with Gasteiger partial charge in [0.15, 0.2) is 11.7 Å². The number of ether oxygens (including phenoxy) is 1. The number of amides is 1. The lowest BCUT2D eigenvalue weighted by Gasteiger charge is -2.30. The quantitative estimate of drug-likeness (QED) is 0.200. The summed E-state index contributed by atoms with van der Waals surface area (Å²) in [7, 11) is 0. The lowest BCUT2D eigenvalue weighted by molar-refractivity contribution is -0.176. The van der Waals surface area contributed by atoms with Crippen LogP contribution in [-0.4, -0.2) is 48.2 Å². The molecule has 42 heavy (non-hydrogen) atoms. The van der Waals surface area contributed by atoms with Crippen LogP contribution in [0.25, 0.3) is 11.3 Å². The highest BCUT2D eigenvalue weighted by molar-refractivity contribution is 6.04. The number of hydrogen-bond donors (Lipinski definition) is 1. The van der Waals surface area contributed by atoms with Gasteiger partial charge in [0.25, 0.3) is 5.91 Å². The van der Waals surface area contributed by atoms with E-state index in [1.165, 1.54) is 24.3 Å². The van der Waals surface area contributed by atoms with Crippen molar-refractivity contribution in [3.63, 3.8) is 0 Å². The first-order chi connectivity index (χ1) is 20.2. The Morgan fingerprint density at radius 1 is 0.976 bits per heavy atom. The molecule has 6 nitrogen and oxygen atoms in total. The Labute approximate surface area is 241 Å². The van der Waals surface area contributed by atoms with Gasteiger partial charge < -0.3 is 19.4 Å². The monoisotopic (exact) mass is 581 g/mol. The average Bonchev–Trinajstić information content (AvgIpc) is 3.41. The summed E-state index contributed by atoms with van der Waals surface area (Å²) in [6, 6.07) is 22.3. The Balaban J connectivity index is 1.12. The third-order valence-corrected chi connectivity index (χ3v) is 7.23. The lowest BCUT2D eigenvalue weighted by atomic mass is 9.96. The highest BCUT2D eigenvalue weighted by Gasteiger charge is 2.29. The topological polar surface area (TPSA) is 67.6 Å². The first-order valence-electron chi connectivity index (χ1n) is 13.8. The molecule has 0 atom stereocenters. The van der Waals surface area contributed by atoms with E-state index < -0.39 is 18.6 Å². The van der Waals surface area contributed by atoms with E-state index >= 15 is 0 Å². The number of nitrogens with zero attached hydrogens (tertiary/aromatic N) is 2. The number of anilines is 1. The van der Waals surface area contributed by atoms with Crippen LogP contribution < -0.4 is 5.32 Å². The van der Waals surface area contributed by atoms with Crippen molar-refractivity contribution in [3.8, 4) is 11.3 Å². The predicted molar refractivity (Wildman–Crippen MR) is 151 cm³/mol. The summed E-state index contributed by atoms with van der Waals surface area (Å²) in [5.41, 5.74) is 3.31. The summed E-state index contributed by atoms with van der Waals surface area (Å²) in [4.78, 5) is 19.3. The van der Waals surface area contributed by atoms with Crippen molar-refractivity contribution in [2.75, 3.05) is 31.6 Å². The molecule has 0 bridgehead atoms. The van der Waals surface area contributed by atoms with Crippen molar-refractivity contribution in [2.24, 2.45) is 0 Å². The molecule has 220 valence electrons. The maximum atomic E-state index is 13.1. The van der Waals surface area contributed by atoms with E-state index in [9.17, 15) is 22.4 Å². The Hall–Kier alpha value is -4.02. The molecule has 1 aliphatic rings. The average molecular weight is 582 g/mol. The molecule has 0 unspecified atom stereocenters. The van der Waals surface area contributed by atoms with Crippen LogP contribution in [0.2, 0.25) is 0 Å². The number of carbonyl (C=O) groups is 1. The number of halogens is 4. The molecule has 0 aliphatic carbocycles. The third kappa shape index (κ3) is 8.04. The number of carbonyl (C=O) groups excluding carboxylic acids is 1. The zero-order valence-corrected chi connectivity index (χ0v) is 22.9. The van der Waals surface area contributed by atoms with Crippen LogP contribution in [0.3, 0.4) is 0 Å². The zero-order valence-electron chi connectivity index (χ0n) is 22.9. The first kappa shape index (κ1) is 29.5. The van der Waals surface area contributed by atoms with Crippen LogP contribution in [0.1, 0.15) is 46.3 Å². The van der Waals surface area contributed by atoms with Gasteiger partial charge in [0.1, 0.15) is 18.1 Å². The minimum absolute atomic E-state index is 0.0732. The number of nitrogens with one attached hydrogen (secondary N) is 1. The molecule has 1 aliphatic heterocycles. The molecule has 1 fully saturated rings. The molecule has 1 amide bonds. The highest BCUT2D eigenvalue weighted by atomic mass is 19.4. The van der Waals surface area contributed by atoms with Crippen molar-refractivity contribution in [1.82, 2.24) is 9.88 Å². The van der Waals surface area contributed by atoms with E-state index in [0.717, 1.165) is 50.0 Å². The zero-order chi connectivity index (χ0) is 29.5. The molecule has 2 heterocycles. The van der Waals surface area contributed by atoms with Crippen molar-refractivity contribution >= 4 is 11.6 Å². The van der Waals surface area contributed by atoms with Crippen LogP contribution in [-0.2, 0) is 17.8 Å². The van der Waals surface area contributed by atoms with E-state index in [4.69, 9.17) is 9.15 Å². The molecule has 4 aromatic rings. The maximum Gasteiger partial charge on any atom is 0.411 e. The predicted octanol–water partition coefficient (Wildman–Crippen LogP) is 7.23. The fourth-order valence-electron chi connectivity index (χ4n) is 4.97. The van der Waals surface area contributed by atoms with Crippen LogP contribution >= 0.6 is 0 Å². The fraction of sp³-hybridized carbons (Fsp3) is 0.312. The van der Waals surface area contributed by atoms with E-state index in [1.807, 2.05) is 54.6 Å². The molecular weight excluding hydrogens is 550 g/mol. The summed E-state index contributed by atoms with van der Waals surface area (Å²) in [5.74, 6) is 0.375. The summed E-state index contributed by atoms with van der Waals surface area (Å²) in [6.45, 7) is 0.945. The number of alkyl halides is 3.